The van der Waals surface area contributed by atoms with Crippen molar-refractivity contribution in [1.82, 2.24) is 14.1 Å². The molecule has 0 saturated heterocycles. The Kier molecular flexibility index (Phi) is 5.15. The number of fused-ring (bicyclic) bond motifs is 1. The number of nitrogens with zero attached hydrogens (tertiary/aromatic N) is 3. The first-order valence-electron chi connectivity index (χ1n) is 7.61. The Bertz CT molecular complexity index is 1110. The van der Waals surface area contributed by atoms with E-state index in [2.05, 4.69) is 10.3 Å². The third kappa shape index (κ3) is 3.51. The second-order valence-electron chi connectivity index (χ2n) is 5.56. The van der Waals surface area contributed by atoms with Crippen molar-refractivity contribution < 1.29 is 4.79 Å². The van der Waals surface area contributed by atoms with Gasteiger partial charge in [-0.2, -0.15) is 0 Å². The molecule has 0 saturated carbocycles. The Morgan fingerprint density at radius 2 is 1.85 bits per heavy atom. The number of nitrogens with one attached hydrogen (secondary N) is 1. The predicted octanol–water partition coefficient (Wildman–Crippen LogP) is 2.02. The number of aryl methyl sites for hydroxylation is 1. The van der Waals surface area contributed by atoms with Crippen LogP contribution in [0.4, 0.5) is 5.69 Å². The molecule has 0 fully saturated rings. The monoisotopic (exact) mass is 390 g/mol. The van der Waals surface area contributed by atoms with Gasteiger partial charge in [0.1, 0.15) is 5.65 Å². The lowest BCUT2D eigenvalue weighted by atomic mass is 10.3. The number of benzene rings is 1. The van der Waals surface area contributed by atoms with E-state index in [0.29, 0.717) is 26.6 Å². The van der Waals surface area contributed by atoms with Gasteiger partial charge in [0.05, 0.1) is 11.1 Å². The Labute approximate surface area is 157 Å². The van der Waals surface area contributed by atoms with Crippen LogP contribution in [0.5, 0.6) is 0 Å². The van der Waals surface area contributed by atoms with Crippen LogP contribution in [0.2, 0.25) is 5.02 Å². The normalized spacial score (nSPS) is 10.9. The van der Waals surface area contributed by atoms with Crippen molar-refractivity contribution in [1.29, 1.82) is 0 Å². The average molecular weight is 391 g/mol. The maximum absolute atomic E-state index is 12.5. The topological polar surface area (TPSA) is 86.0 Å². The summed E-state index contributed by atoms with van der Waals surface area (Å²) in [6.45, 7) is 0. The van der Waals surface area contributed by atoms with Crippen LogP contribution in [-0.2, 0) is 18.9 Å². The summed E-state index contributed by atoms with van der Waals surface area (Å²) >= 11 is 7.03. The Balaban J connectivity index is 1.85. The average Bonchev–Trinajstić information content (AvgIpc) is 2.64. The highest BCUT2D eigenvalue weighted by Gasteiger charge is 2.14. The number of rotatable bonds is 4. The van der Waals surface area contributed by atoms with Crippen LogP contribution >= 0.6 is 23.4 Å². The van der Waals surface area contributed by atoms with Crippen LogP contribution in [0.15, 0.2) is 51.0 Å². The zero-order valence-corrected chi connectivity index (χ0v) is 15.6. The van der Waals surface area contributed by atoms with Gasteiger partial charge in [-0.05, 0) is 30.3 Å². The number of pyridine rings is 1. The predicted molar refractivity (Wildman–Crippen MR) is 103 cm³/mol. The van der Waals surface area contributed by atoms with Crippen molar-refractivity contribution in [2.75, 3.05) is 11.1 Å². The van der Waals surface area contributed by atoms with E-state index < -0.39 is 11.2 Å². The van der Waals surface area contributed by atoms with Gasteiger partial charge in [0.2, 0.25) is 5.91 Å². The molecule has 0 radical (unpaired) electrons. The maximum atomic E-state index is 12.5. The molecule has 0 atom stereocenters. The van der Waals surface area contributed by atoms with Gasteiger partial charge >= 0.3 is 5.69 Å². The van der Waals surface area contributed by atoms with Crippen molar-refractivity contribution in [3.63, 3.8) is 0 Å². The van der Waals surface area contributed by atoms with Gasteiger partial charge in [-0.3, -0.25) is 18.7 Å². The Morgan fingerprint density at radius 3 is 2.54 bits per heavy atom. The molecule has 7 nitrogen and oxygen atoms in total. The molecule has 26 heavy (non-hydrogen) atoms. The molecular weight excluding hydrogens is 376 g/mol. The van der Waals surface area contributed by atoms with Gasteiger partial charge < -0.3 is 5.32 Å². The fraction of sp³-hybridized carbons (Fsp3) is 0.176. The van der Waals surface area contributed by atoms with Crippen molar-refractivity contribution in [3.05, 3.63) is 62.4 Å². The van der Waals surface area contributed by atoms with E-state index in [0.717, 1.165) is 4.57 Å². The fourth-order valence-corrected chi connectivity index (χ4v) is 3.42. The van der Waals surface area contributed by atoms with Crippen molar-refractivity contribution >= 4 is 46.0 Å². The zero-order chi connectivity index (χ0) is 18.8. The lowest BCUT2D eigenvalue weighted by Crippen LogP contribution is -2.37. The van der Waals surface area contributed by atoms with Gasteiger partial charge in [0.25, 0.3) is 5.56 Å². The number of carbonyl (C=O) groups excluding carboxylic acids is 1. The molecule has 3 rings (SSSR count). The number of halogens is 1. The highest BCUT2D eigenvalue weighted by Crippen LogP contribution is 2.23. The summed E-state index contributed by atoms with van der Waals surface area (Å²) < 4.78 is 2.34. The maximum Gasteiger partial charge on any atom is 0.332 e. The number of thioether (sulfide) groups is 1. The van der Waals surface area contributed by atoms with Crippen molar-refractivity contribution in [2.24, 2.45) is 14.1 Å². The second kappa shape index (κ2) is 7.35. The third-order valence-electron chi connectivity index (χ3n) is 3.79. The minimum absolute atomic E-state index is 0.105. The Hall–Kier alpha value is -2.58. The minimum Gasteiger partial charge on any atom is -0.325 e. The third-order valence-corrected chi connectivity index (χ3v) is 5.10. The molecule has 1 N–H and O–H groups in total. The molecule has 1 amide bonds. The molecule has 2 heterocycles. The highest BCUT2D eigenvalue weighted by atomic mass is 35.5. The van der Waals surface area contributed by atoms with Gasteiger partial charge in [-0.25, -0.2) is 9.78 Å². The van der Waals surface area contributed by atoms with E-state index in [1.54, 1.807) is 37.4 Å². The van der Waals surface area contributed by atoms with Gasteiger partial charge in [-0.1, -0.05) is 11.6 Å². The first-order valence-corrected chi connectivity index (χ1v) is 8.98. The van der Waals surface area contributed by atoms with Crippen LogP contribution in [0.3, 0.4) is 0 Å². The molecule has 134 valence electrons. The van der Waals surface area contributed by atoms with Crippen LogP contribution in [0, 0.1) is 0 Å². The lowest BCUT2D eigenvalue weighted by molar-refractivity contribution is -0.113. The molecule has 0 aliphatic heterocycles. The number of carbonyl (C=O) groups is 1. The van der Waals surface area contributed by atoms with Gasteiger partial charge in [0, 0.05) is 35.9 Å². The summed E-state index contributed by atoms with van der Waals surface area (Å²) in [6, 6.07) is 8.45. The van der Waals surface area contributed by atoms with Crippen LogP contribution in [0.1, 0.15) is 0 Å². The molecule has 9 heteroatoms. The molecule has 1 aromatic carbocycles. The molecule has 0 aliphatic carbocycles. The first-order chi connectivity index (χ1) is 12.4. The van der Waals surface area contributed by atoms with E-state index in [1.807, 2.05) is 0 Å². The summed E-state index contributed by atoms with van der Waals surface area (Å²) in [4.78, 5) is 41.4. The lowest BCUT2D eigenvalue weighted by Gasteiger charge is -2.10. The minimum atomic E-state index is -0.447. The van der Waals surface area contributed by atoms with Crippen LogP contribution in [0.25, 0.3) is 11.0 Å². The molecule has 0 spiro atoms. The van der Waals surface area contributed by atoms with E-state index in [4.69, 9.17) is 11.6 Å². The van der Waals surface area contributed by atoms with E-state index in [9.17, 15) is 14.4 Å². The number of amides is 1. The summed E-state index contributed by atoms with van der Waals surface area (Å²) in [7, 11) is 2.97. The molecular formula is C17H15ClN4O3S. The number of anilines is 1. The smallest absolute Gasteiger partial charge is 0.325 e. The molecule has 0 aliphatic rings. The van der Waals surface area contributed by atoms with E-state index in [-0.39, 0.29) is 11.7 Å². The van der Waals surface area contributed by atoms with E-state index in [1.165, 1.54) is 29.6 Å². The number of aromatic nitrogens is 3. The molecule has 0 unspecified atom stereocenters. The summed E-state index contributed by atoms with van der Waals surface area (Å²) in [5.74, 6) is -0.114. The summed E-state index contributed by atoms with van der Waals surface area (Å²) in [5.41, 5.74) is 0.0496. The molecule has 2 aromatic heterocycles. The fourth-order valence-electron chi connectivity index (χ4n) is 2.45. The quantitative estimate of drug-likeness (QED) is 0.689. The Morgan fingerprint density at radius 1 is 1.15 bits per heavy atom. The first kappa shape index (κ1) is 18.2. The molecule has 0 bridgehead atoms. The zero-order valence-electron chi connectivity index (χ0n) is 14.0. The number of hydrogen-bond acceptors (Lipinski definition) is 5. The van der Waals surface area contributed by atoms with Crippen LogP contribution < -0.4 is 16.6 Å². The van der Waals surface area contributed by atoms with Crippen molar-refractivity contribution in [3.8, 4) is 0 Å². The largest absolute Gasteiger partial charge is 0.332 e. The van der Waals surface area contributed by atoms with Gasteiger partial charge in [-0.15, -0.1) is 11.8 Å². The van der Waals surface area contributed by atoms with Crippen LogP contribution in [-0.4, -0.2) is 25.8 Å². The molecule has 3 aromatic rings. The number of hydrogen-bond donors (Lipinski definition) is 1. The SMILES string of the molecule is Cn1c(=O)c2c(SCC(=O)Nc3ccc(Cl)cc3)ccnc2n(C)c1=O. The second-order valence-corrected chi connectivity index (χ2v) is 7.01. The van der Waals surface area contributed by atoms with Gasteiger partial charge in [0.15, 0.2) is 0 Å². The summed E-state index contributed by atoms with van der Waals surface area (Å²) in [6.07, 6.45) is 1.51. The van der Waals surface area contributed by atoms with E-state index >= 15 is 0 Å². The van der Waals surface area contributed by atoms with Crippen molar-refractivity contribution in [2.45, 2.75) is 4.90 Å². The highest BCUT2D eigenvalue weighted by molar-refractivity contribution is 8.00. The summed E-state index contributed by atoms with van der Waals surface area (Å²) in [5, 5.41) is 3.67. The standard InChI is InChI=1S/C17H15ClN4O3S/c1-21-15-14(16(24)22(2)17(21)25)12(7-8-19-15)26-9-13(23)20-11-5-3-10(18)4-6-11/h3-8H,9H2,1-2H3,(H,20,23).